The Balaban J connectivity index is 1.40. The molecule has 0 radical (unpaired) electrons. The average molecular weight is 446 g/mol. The zero-order valence-electron chi connectivity index (χ0n) is 16.3. The number of para-hydroxylation sites is 1. The van der Waals surface area contributed by atoms with Crippen molar-refractivity contribution >= 4 is 34.2 Å². The Kier molecular flexibility index (Phi) is 5.09. The van der Waals surface area contributed by atoms with Crippen LogP contribution in [0, 0.1) is 0 Å². The largest absolute Gasteiger partial charge is 0.483 e. The Hall–Kier alpha value is -4.45. The second kappa shape index (κ2) is 8.35. The fourth-order valence-electron chi connectivity index (χ4n) is 2.91. The lowest BCUT2D eigenvalue weighted by molar-refractivity contribution is -0.118. The van der Waals surface area contributed by atoms with Crippen LogP contribution in [0.4, 0.5) is 5.95 Å². The highest BCUT2D eigenvalue weighted by Crippen LogP contribution is 2.19. The molecule has 0 bridgehead atoms. The molecule has 32 heavy (non-hydrogen) atoms. The van der Waals surface area contributed by atoms with Crippen molar-refractivity contribution in [3.8, 4) is 17.1 Å². The molecule has 0 aliphatic rings. The normalized spacial score (nSPS) is 11.7. The van der Waals surface area contributed by atoms with Gasteiger partial charge in [0.2, 0.25) is 10.9 Å². The van der Waals surface area contributed by atoms with Gasteiger partial charge in [-0.2, -0.15) is 19.6 Å². The van der Waals surface area contributed by atoms with E-state index >= 15 is 0 Å². The minimum Gasteiger partial charge on any atom is -0.483 e. The number of nitrogens with zero attached hydrogens (tertiary/aromatic N) is 6. The summed E-state index contributed by atoms with van der Waals surface area (Å²) in [5.41, 5.74) is 1.15. The number of nitrogens with one attached hydrogen (secondary N) is 2. The van der Waals surface area contributed by atoms with Gasteiger partial charge < -0.3 is 4.74 Å². The third-order valence-corrected chi connectivity index (χ3v) is 5.32. The number of thiazole rings is 1. The van der Waals surface area contributed by atoms with Crippen molar-refractivity contribution < 1.29 is 9.53 Å². The molecule has 5 rings (SSSR count). The van der Waals surface area contributed by atoms with Crippen LogP contribution in [0.5, 0.6) is 5.75 Å². The van der Waals surface area contributed by atoms with Gasteiger partial charge in [0.15, 0.2) is 12.4 Å². The number of anilines is 1. The van der Waals surface area contributed by atoms with E-state index < -0.39 is 5.91 Å². The number of ether oxygens (including phenoxy) is 1. The molecule has 4 aromatic heterocycles. The predicted octanol–water partition coefficient (Wildman–Crippen LogP) is 0.896. The van der Waals surface area contributed by atoms with Crippen LogP contribution in [0.1, 0.15) is 5.56 Å². The van der Waals surface area contributed by atoms with E-state index in [-0.39, 0.29) is 18.1 Å². The molecule has 12 heteroatoms. The highest BCUT2D eigenvalue weighted by molar-refractivity contribution is 7.15. The zero-order chi connectivity index (χ0) is 21.9. The van der Waals surface area contributed by atoms with Gasteiger partial charge in [0.05, 0.1) is 4.53 Å². The summed E-state index contributed by atoms with van der Waals surface area (Å²) in [7, 11) is 0. The Morgan fingerprint density at radius 3 is 2.84 bits per heavy atom. The topological polar surface area (TPSA) is 140 Å². The lowest BCUT2D eigenvalue weighted by Gasteiger charge is -2.08. The van der Waals surface area contributed by atoms with Gasteiger partial charge in [-0.05, 0) is 24.3 Å². The number of hydrogen-bond donors (Lipinski definition) is 2. The molecule has 0 atom stereocenters. The van der Waals surface area contributed by atoms with Gasteiger partial charge in [-0.3, -0.25) is 19.9 Å². The molecule has 0 aliphatic heterocycles. The summed E-state index contributed by atoms with van der Waals surface area (Å²) >= 11 is 1.22. The van der Waals surface area contributed by atoms with Gasteiger partial charge >= 0.3 is 0 Å². The summed E-state index contributed by atoms with van der Waals surface area (Å²) in [6.45, 7) is -0.236. The van der Waals surface area contributed by atoms with Crippen molar-refractivity contribution in [1.29, 1.82) is 0 Å². The predicted molar refractivity (Wildman–Crippen MR) is 116 cm³/mol. The van der Waals surface area contributed by atoms with Crippen LogP contribution in [-0.4, -0.2) is 47.3 Å². The Bertz CT molecular complexity index is 1500. The third kappa shape index (κ3) is 3.94. The smallest absolute Gasteiger partial charge is 0.291 e. The van der Waals surface area contributed by atoms with Crippen LogP contribution in [0.2, 0.25) is 0 Å². The number of amides is 1. The summed E-state index contributed by atoms with van der Waals surface area (Å²) < 4.78 is 7.37. The van der Waals surface area contributed by atoms with Crippen molar-refractivity contribution in [2.75, 3.05) is 11.9 Å². The summed E-state index contributed by atoms with van der Waals surface area (Å²) in [5.74, 6) is 0.749. The molecule has 1 aromatic carbocycles. The lowest BCUT2D eigenvalue weighted by Crippen LogP contribution is -2.24. The Morgan fingerprint density at radius 2 is 2.06 bits per heavy atom. The lowest BCUT2D eigenvalue weighted by atomic mass is 10.2. The first kappa shape index (κ1) is 19.5. The van der Waals surface area contributed by atoms with Crippen LogP contribution >= 0.6 is 11.3 Å². The SMILES string of the molecule is O=C(COc1ccccc1/C=c1\sc2nc(-c3ccncc3)nn2c1=O)Nc1ncn[nH]1. The molecule has 0 saturated heterocycles. The number of carbonyl (C=O) groups is 1. The van der Waals surface area contributed by atoms with Crippen molar-refractivity contribution in [1.82, 2.24) is 34.8 Å². The third-order valence-electron chi connectivity index (χ3n) is 4.36. The number of rotatable bonds is 6. The monoisotopic (exact) mass is 446 g/mol. The molecule has 5 aromatic rings. The van der Waals surface area contributed by atoms with Gasteiger partial charge in [-0.25, -0.2) is 5.10 Å². The van der Waals surface area contributed by atoms with E-state index in [1.807, 2.05) is 6.07 Å². The minimum absolute atomic E-state index is 0.231. The molecule has 2 N–H and O–H groups in total. The summed E-state index contributed by atoms with van der Waals surface area (Å²) in [6.07, 6.45) is 6.27. The second-order valence-corrected chi connectivity index (χ2v) is 7.50. The van der Waals surface area contributed by atoms with Crippen LogP contribution in [0.25, 0.3) is 22.4 Å². The Labute approximate surface area is 183 Å². The number of aromatic nitrogens is 7. The maximum atomic E-state index is 12.8. The minimum atomic E-state index is -0.400. The summed E-state index contributed by atoms with van der Waals surface area (Å²) in [6, 6.07) is 10.7. The molecular formula is C20H14N8O3S. The molecule has 0 aliphatic carbocycles. The number of benzene rings is 1. The van der Waals surface area contributed by atoms with E-state index in [4.69, 9.17) is 4.74 Å². The second-order valence-electron chi connectivity index (χ2n) is 6.49. The van der Waals surface area contributed by atoms with Gasteiger partial charge in [0.1, 0.15) is 12.1 Å². The fraction of sp³-hybridized carbons (Fsp3) is 0.0500. The van der Waals surface area contributed by atoms with Crippen molar-refractivity contribution in [2.24, 2.45) is 0 Å². The maximum absolute atomic E-state index is 12.8. The first-order chi connectivity index (χ1) is 15.7. The van der Waals surface area contributed by atoms with Crippen molar-refractivity contribution in [3.05, 3.63) is 75.6 Å². The average Bonchev–Trinajstić information content (AvgIpc) is 3.53. The van der Waals surface area contributed by atoms with Crippen LogP contribution < -0.4 is 20.1 Å². The zero-order valence-corrected chi connectivity index (χ0v) is 17.1. The standard InChI is InChI=1S/C20H14N8O3S/c29-16(24-19-22-11-23-26-19)10-31-14-4-2-1-3-13(14)9-15-18(30)28-20(32-15)25-17(27-28)12-5-7-21-8-6-12/h1-9,11H,10H2,(H2,22,23,24,26,29)/b15-9-. The molecule has 0 spiro atoms. The number of pyridine rings is 1. The Morgan fingerprint density at radius 1 is 1.22 bits per heavy atom. The number of aromatic amines is 1. The van der Waals surface area contributed by atoms with E-state index in [2.05, 4.69) is 35.6 Å². The fourth-order valence-corrected chi connectivity index (χ4v) is 3.81. The first-order valence-electron chi connectivity index (χ1n) is 9.36. The summed E-state index contributed by atoms with van der Waals surface area (Å²) in [4.78, 5) is 37.6. The number of carbonyl (C=O) groups excluding carboxylic acids is 1. The molecule has 158 valence electrons. The van der Waals surface area contributed by atoms with Gasteiger partial charge in [-0.15, -0.1) is 5.10 Å². The molecular weight excluding hydrogens is 432 g/mol. The molecule has 0 saturated carbocycles. The molecule has 4 heterocycles. The van der Waals surface area contributed by atoms with Gasteiger partial charge in [-0.1, -0.05) is 29.5 Å². The van der Waals surface area contributed by atoms with Crippen LogP contribution in [0.3, 0.4) is 0 Å². The molecule has 0 unspecified atom stereocenters. The highest BCUT2D eigenvalue weighted by atomic mass is 32.1. The molecule has 11 nitrogen and oxygen atoms in total. The molecule has 1 amide bonds. The summed E-state index contributed by atoms with van der Waals surface area (Å²) in [5, 5.41) is 13.0. The van der Waals surface area contributed by atoms with Crippen molar-refractivity contribution in [3.63, 3.8) is 0 Å². The van der Waals surface area contributed by atoms with Crippen LogP contribution in [0.15, 0.2) is 59.9 Å². The quantitative estimate of drug-likeness (QED) is 0.392. The highest BCUT2D eigenvalue weighted by Gasteiger charge is 2.13. The molecule has 0 fully saturated rings. The van der Waals surface area contributed by atoms with Crippen molar-refractivity contribution in [2.45, 2.75) is 0 Å². The van der Waals surface area contributed by atoms with E-state index in [0.29, 0.717) is 26.6 Å². The van der Waals surface area contributed by atoms with E-state index in [1.54, 1.807) is 48.8 Å². The van der Waals surface area contributed by atoms with E-state index in [9.17, 15) is 9.59 Å². The number of hydrogen-bond acceptors (Lipinski definition) is 9. The van der Waals surface area contributed by atoms with E-state index in [1.165, 1.54) is 22.2 Å². The van der Waals surface area contributed by atoms with Gasteiger partial charge in [0.25, 0.3) is 11.5 Å². The first-order valence-corrected chi connectivity index (χ1v) is 10.2. The number of H-pyrrole nitrogens is 1. The van der Waals surface area contributed by atoms with Gasteiger partial charge in [0, 0.05) is 23.5 Å². The number of fused-ring (bicyclic) bond motifs is 1. The maximum Gasteiger partial charge on any atom is 0.291 e. The van der Waals surface area contributed by atoms with E-state index in [0.717, 1.165) is 5.56 Å². The van der Waals surface area contributed by atoms with Crippen LogP contribution in [-0.2, 0) is 4.79 Å².